The van der Waals surface area contributed by atoms with Gasteiger partial charge in [0.15, 0.2) is 0 Å². The maximum absolute atomic E-state index is 13.0. The van der Waals surface area contributed by atoms with Gasteiger partial charge in [0.1, 0.15) is 5.82 Å². The van der Waals surface area contributed by atoms with Gasteiger partial charge in [0.05, 0.1) is 6.20 Å². The molecule has 2 nitrogen and oxygen atoms in total. The van der Waals surface area contributed by atoms with Gasteiger partial charge in [-0.05, 0) is 50.1 Å². The summed E-state index contributed by atoms with van der Waals surface area (Å²) in [6.45, 7) is 7.33. The van der Waals surface area contributed by atoms with Crippen molar-refractivity contribution < 1.29 is 4.39 Å². The monoisotopic (exact) mass is 304 g/mol. The fourth-order valence-electron chi connectivity index (χ4n) is 1.77. The fourth-order valence-corrected chi connectivity index (χ4v) is 2.59. The molecule has 0 unspecified atom stereocenters. The van der Waals surface area contributed by atoms with Crippen LogP contribution in [0.2, 0.25) is 0 Å². The molecule has 0 radical (unpaired) electrons. The van der Waals surface area contributed by atoms with Crippen molar-refractivity contribution in [3.8, 4) is 0 Å². The molecule has 1 aromatic heterocycles. The summed E-state index contributed by atoms with van der Waals surface area (Å²) in [5.74, 6) is 0.446. The average molecular weight is 304 g/mol. The molecule has 21 heavy (non-hydrogen) atoms. The molecular formula is C17H21FN2S. The Labute approximate surface area is 130 Å². The maximum Gasteiger partial charge on any atom is 0.141 e. The normalized spacial score (nSPS) is 11.6. The summed E-state index contributed by atoms with van der Waals surface area (Å²) in [5.41, 5.74) is 2.29. The molecule has 0 atom stereocenters. The number of rotatable bonds is 5. The molecule has 0 aliphatic carbocycles. The van der Waals surface area contributed by atoms with E-state index in [1.165, 1.54) is 22.7 Å². The zero-order chi connectivity index (χ0) is 15.3. The van der Waals surface area contributed by atoms with Crippen LogP contribution in [0.5, 0.6) is 0 Å². The lowest BCUT2D eigenvalue weighted by molar-refractivity contribution is 0.424. The van der Waals surface area contributed by atoms with Gasteiger partial charge >= 0.3 is 0 Å². The molecule has 0 bridgehead atoms. The highest BCUT2D eigenvalue weighted by Crippen LogP contribution is 2.23. The van der Waals surface area contributed by atoms with Crippen molar-refractivity contribution in [2.24, 2.45) is 0 Å². The Morgan fingerprint density at radius 3 is 2.43 bits per heavy atom. The van der Waals surface area contributed by atoms with E-state index in [2.05, 4.69) is 55.3 Å². The van der Waals surface area contributed by atoms with Crippen molar-refractivity contribution in [2.75, 3.05) is 0 Å². The number of thioether (sulfide) groups is 1. The van der Waals surface area contributed by atoms with Gasteiger partial charge in [0.25, 0.3) is 0 Å². The quantitative estimate of drug-likeness (QED) is 0.829. The van der Waals surface area contributed by atoms with Crippen LogP contribution in [0.3, 0.4) is 0 Å². The summed E-state index contributed by atoms with van der Waals surface area (Å²) in [7, 11) is 0. The van der Waals surface area contributed by atoms with Crippen molar-refractivity contribution in [3.63, 3.8) is 0 Å². The minimum absolute atomic E-state index is 0.123. The molecule has 1 aromatic carbocycles. The van der Waals surface area contributed by atoms with Gasteiger partial charge in [0, 0.05) is 28.9 Å². The van der Waals surface area contributed by atoms with Crippen molar-refractivity contribution >= 4 is 11.8 Å². The van der Waals surface area contributed by atoms with E-state index >= 15 is 0 Å². The van der Waals surface area contributed by atoms with Gasteiger partial charge in [-0.1, -0.05) is 12.1 Å². The van der Waals surface area contributed by atoms with Crippen LogP contribution in [0.1, 0.15) is 31.9 Å². The number of nitrogens with zero attached hydrogens (tertiary/aromatic N) is 1. The van der Waals surface area contributed by atoms with Crippen molar-refractivity contribution in [3.05, 3.63) is 59.7 Å². The molecule has 0 amide bonds. The fraction of sp³-hybridized carbons (Fsp3) is 0.353. The number of halogens is 1. The summed E-state index contributed by atoms with van der Waals surface area (Å²) < 4.78 is 13.0. The van der Waals surface area contributed by atoms with Crippen LogP contribution in [-0.2, 0) is 12.3 Å². The van der Waals surface area contributed by atoms with Crippen molar-refractivity contribution in [1.82, 2.24) is 10.3 Å². The van der Waals surface area contributed by atoms with Gasteiger partial charge in [-0.3, -0.25) is 4.98 Å². The molecule has 1 N–H and O–H groups in total. The summed E-state index contributed by atoms with van der Waals surface area (Å²) in [6.07, 6.45) is 2.93. The molecule has 0 aliphatic heterocycles. The summed E-state index contributed by atoms with van der Waals surface area (Å²) >= 11 is 1.69. The Morgan fingerprint density at radius 2 is 1.81 bits per heavy atom. The summed E-state index contributed by atoms with van der Waals surface area (Å²) in [6, 6.07) is 10.0. The smallest absolute Gasteiger partial charge is 0.141 e. The highest BCUT2D eigenvalue weighted by atomic mass is 32.2. The molecule has 0 aliphatic rings. The molecule has 0 saturated carbocycles. The predicted octanol–water partition coefficient (Wildman–Crippen LogP) is 4.40. The summed E-state index contributed by atoms with van der Waals surface area (Å²) in [4.78, 5) is 5.04. The van der Waals surface area contributed by atoms with Crippen molar-refractivity contribution in [1.29, 1.82) is 0 Å². The number of hydrogen-bond acceptors (Lipinski definition) is 3. The highest BCUT2D eigenvalue weighted by Gasteiger charge is 2.08. The Hall–Kier alpha value is -1.39. The Morgan fingerprint density at radius 1 is 1.10 bits per heavy atom. The molecule has 4 heteroatoms. The Balaban J connectivity index is 1.87. The second kappa shape index (κ2) is 7.05. The predicted molar refractivity (Wildman–Crippen MR) is 86.8 cm³/mol. The van der Waals surface area contributed by atoms with Crippen LogP contribution in [-0.4, -0.2) is 10.5 Å². The first kappa shape index (κ1) is 16.0. The van der Waals surface area contributed by atoms with Crippen LogP contribution in [0.25, 0.3) is 0 Å². The lowest BCUT2D eigenvalue weighted by Gasteiger charge is -2.20. The van der Waals surface area contributed by atoms with Gasteiger partial charge in [0.2, 0.25) is 0 Å². The molecule has 0 fully saturated rings. The van der Waals surface area contributed by atoms with Crippen LogP contribution in [0.4, 0.5) is 4.39 Å². The van der Waals surface area contributed by atoms with E-state index in [9.17, 15) is 4.39 Å². The SMILES string of the molecule is CC(C)(C)NCc1ccc(SCc2cncc(F)c2)cc1. The molecular weight excluding hydrogens is 283 g/mol. The number of aromatic nitrogens is 1. The molecule has 0 spiro atoms. The van der Waals surface area contributed by atoms with Gasteiger partial charge in [-0.25, -0.2) is 4.39 Å². The van der Waals surface area contributed by atoms with Gasteiger partial charge in [-0.2, -0.15) is 0 Å². The Kier molecular flexibility index (Phi) is 5.37. The third kappa shape index (κ3) is 5.86. The van der Waals surface area contributed by atoms with E-state index in [0.29, 0.717) is 0 Å². The zero-order valence-corrected chi connectivity index (χ0v) is 13.5. The second-order valence-corrected chi connectivity index (χ2v) is 7.10. The third-order valence-electron chi connectivity index (χ3n) is 2.91. The summed E-state index contributed by atoms with van der Waals surface area (Å²) in [5, 5.41) is 3.46. The molecule has 112 valence electrons. The van der Waals surface area contributed by atoms with E-state index in [1.807, 2.05) is 0 Å². The van der Waals surface area contributed by atoms with E-state index in [0.717, 1.165) is 17.9 Å². The maximum atomic E-state index is 13.0. The van der Waals surface area contributed by atoms with E-state index in [-0.39, 0.29) is 11.4 Å². The van der Waals surface area contributed by atoms with E-state index in [4.69, 9.17) is 0 Å². The lowest BCUT2D eigenvalue weighted by atomic mass is 10.1. The standard InChI is InChI=1S/C17H21FN2S/c1-17(2,3)20-10-13-4-6-16(7-5-13)21-12-14-8-15(18)11-19-9-14/h4-9,11,20H,10,12H2,1-3H3. The Bertz CT molecular complexity index is 576. The number of benzene rings is 1. The van der Waals surface area contributed by atoms with Crippen LogP contribution in [0.15, 0.2) is 47.6 Å². The zero-order valence-electron chi connectivity index (χ0n) is 12.7. The molecule has 2 rings (SSSR count). The van der Waals surface area contributed by atoms with E-state index < -0.39 is 0 Å². The molecule has 2 aromatic rings. The topological polar surface area (TPSA) is 24.9 Å². The lowest BCUT2D eigenvalue weighted by Crippen LogP contribution is -2.35. The first-order chi connectivity index (χ1) is 9.92. The van der Waals surface area contributed by atoms with Gasteiger partial charge in [-0.15, -0.1) is 11.8 Å². The largest absolute Gasteiger partial charge is 0.308 e. The third-order valence-corrected chi connectivity index (χ3v) is 4.00. The number of hydrogen-bond donors (Lipinski definition) is 1. The molecule has 0 saturated heterocycles. The minimum Gasteiger partial charge on any atom is -0.308 e. The number of pyridine rings is 1. The van der Waals surface area contributed by atoms with E-state index in [1.54, 1.807) is 18.0 Å². The minimum atomic E-state index is -0.281. The molecule has 1 heterocycles. The average Bonchev–Trinajstić information content (AvgIpc) is 2.43. The van der Waals surface area contributed by atoms with Crippen LogP contribution < -0.4 is 5.32 Å². The first-order valence-electron chi connectivity index (χ1n) is 6.98. The number of nitrogens with one attached hydrogen (secondary N) is 1. The first-order valence-corrected chi connectivity index (χ1v) is 7.97. The van der Waals surface area contributed by atoms with Crippen molar-refractivity contribution in [2.45, 2.75) is 43.5 Å². The van der Waals surface area contributed by atoms with Gasteiger partial charge < -0.3 is 5.32 Å². The second-order valence-electron chi connectivity index (χ2n) is 6.05. The van der Waals surface area contributed by atoms with Crippen LogP contribution in [0, 0.1) is 5.82 Å². The van der Waals surface area contributed by atoms with Crippen LogP contribution >= 0.6 is 11.8 Å². The highest BCUT2D eigenvalue weighted by molar-refractivity contribution is 7.98.